The zero-order valence-electron chi connectivity index (χ0n) is 10.1. The highest BCUT2D eigenvalue weighted by molar-refractivity contribution is 5.14. The van der Waals surface area contributed by atoms with Crippen LogP contribution in [0.1, 0.15) is 31.7 Å². The Labute approximate surface area is 94.1 Å². The predicted molar refractivity (Wildman–Crippen MR) is 67.2 cm³/mol. The molecule has 1 aromatic carbocycles. The van der Waals surface area contributed by atoms with E-state index in [1.807, 2.05) is 0 Å². The summed E-state index contributed by atoms with van der Waals surface area (Å²) in [6, 6.07) is 10.8. The average Bonchev–Trinajstić information content (AvgIpc) is 2.28. The van der Waals surface area contributed by atoms with E-state index in [4.69, 9.17) is 0 Å². The normalized spacial score (nSPS) is 10.9. The second-order valence-electron chi connectivity index (χ2n) is 4.25. The van der Waals surface area contributed by atoms with Crippen LogP contribution in [0.25, 0.3) is 0 Å². The third kappa shape index (κ3) is 5.58. The molecule has 0 radical (unpaired) electrons. The van der Waals surface area contributed by atoms with Gasteiger partial charge in [-0.1, -0.05) is 43.7 Å². The van der Waals surface area contributed by atoms with Crippen molar-refractivity contribution in [3.63, 3.8) is 0 Å². The maximum absolute atomic E-state index is 2.44. The molecule has 0 bridgehead atoms. The van der Waals surface area contributed by atoms with E-state index in [2.05, 4.69) is 49.2 Å². The molecule has 1 nitrogen and oxygen atoms in total. The van der Waals surface area contributed by atoms with E-state index < -0.39 is 0 Å². The van der Waals surface area contributed by atoms with Crippen molar-refractivity contribution in [1.82, 2.24) is 4.90 Å². The highest BCUT2D eigenvalue weighted by Crippen LogP contribution is 2.03. The van der Waals surface area contributed by atoms with Crippen molar-refractivity contribution >= 4 is 0 Å². The first-order chi connectivity index (χ1) is 7.33. The lowest BCUT2D eigenvalue weighted by Gasteiger charge is -2.15. The first-order valence-corrected chi connectivity index (χ1v) is 6.05. The van der Waals surface area contributed by atoms with Crippen LogP contribution in [0, 0.1) is 0 Å². The molecule has 0 saturated carbocycles. The van der Waals surface area contributed by atoms with Crippen LogP contribution in [0.15, 0.2) is 30.3 Å². The Bertz CT molecular complexity index is 243. The Balaban J connectivity index is 2.11. The zero-order valence-corrected chi connectivity index (χ0v) is 10.1. The molecule has 0 saturated heterocycles. The minimum atomic E-state index is 1.21. The monoisotopic (exact) mass is 205 g/mol. The van der Waals surface area contributed by atoms with Crippen molar-refractivity contribution in [3.8, 4) is 0 Å². The molecule has 0 unspecified atom stereocenters. The largest absolute Gasteiger partial charge is 0.306 e. The summed E-state index contributed by atoms with van der Waals surface area (Å²) >= 11 is 0. The van der Waals surface area contributed by atoms with Crippen molar-refractivity contribution < 1.29 is 0 Å². The highest BCUT2D eigenvalue weighted by Gasteiger charge is 1.97. The molecule has 0 amide bonds. The Kier molecular flexibility index (Phi) is 6.10. The first kappa shape index (κ1) is 12.3. The van der Waals surface area contributed by atoms with Crippen molar-refractivity contribution in [1.29, 1.82) is 0 Å². The van der Waals surface area contributed by atoms with Crippen molar-refractivity contribution in [3.05, 3.63) is 35.9 Å². The predicted octanol–water partition coefficient (Wildman–Crippen LogP) is 3.35. The van der Waals surface area contributed by atoms with Gasteiger partial charge in [-0.25, -0.2) is 0 Å². The highest BCUT2D eigenvalue weighted by atomic mass is 15.1. The molecule has 1 heteroatoms. The number of rotatable bonds is 7. The third-order valence-electron chi connectivity index (χ3n) is 2.74. The lowest BCUT2D eigenvalue weighted by molar-refractivity contribution is 0.324. The van der Waals surface area contributed by atoms with E-state index in [0.29, 0.717) is 0 Å². The van der Waals surface area contributed by atoms with Gasteiger partial charge < -0.3 is 4.90 Å². The molecule has 0 fully saturated rings. The van der Waals surface area contributed by atoms with Crippen LogP contribution in [-0.2, 0) is 6.42 Å². The summed E-state index contributed by atoms with van der Waals surface area (Å²) in [5, 5.41) is 0. The fourth-order valence-electron chi connectivity index (χ4n) is 1.74. The quantitative estimate of drug-likeness (QED) is 0.660. The topological polar surface area (TPSA) is 3.24 Å². The molecular weight excluding hydrogens is 182 g/mol. The number of benzene rings is 1. The van der Waals surface area contributed by atoms with Gasteiger partial charge in [-0.05, 0) is 45.0 Å². The van der Waals surface area contributed by atoms with Gasteiger partial charge in [0.25, 0.3) is 0 Å². The Hall–Kier alpha value is -0.820. The molecule has 0 aliphatic heterocycles. The maximum atomic E-state index is 2.44. The molecule has 15 heavy (non-hydrogen) atoms. The summed E-state index contributed by atoms with van der Waals surface area (Å²) in [6.45, 7) is 4.71. The SMILES string of the molecule is CCCCN(C)CCCc1ccccc1. The molecule has 0 atom stereocenters. The smallest absolute Gasteiger partial charge is 0.00186 e. The summed E-state index contributed by atoms with van der Waals surface area (Å²) in [5.74, 6) is 0. The Morgan fingerprint density at radius 2 is 1.67 bits per heavy atom. The van der Waals surface area contributed by atoms with Crippen LogP contribution in [0.3, 0.4) is 0 Å². The molecule has 1 aromatic rings. The van der Waals surface area contributed by atoms with E-state index in [1.165, 1.54) is 44.3 Å². The summed E-state index contributed by atoms with van der Waals surface area (Å²) in [7, 11) is 2.22. The van der Waals surface area contributed by atoms with Crippen molar-refractivity contribution in [2.45, 2.75) is 32.6 Å². The van der Waals surface area contributed by atoms with Crippen LogP contribution in [-0.4, -0.2) is 25.0 Å². The van der Waals surface area contributed by atoms with Crippen molar-refractivity contribution in [2.24, 2.45) is 0 Å². The van der Waals surface area contributed by atoms with Gasteiger partial charge in [-0.3, -0.25) is 0 Å². The minimum absolute atomic E-state index is 1.21. The van der Waals surface area contributed by atoms with Crippen LogP contribution >= 0.6 is 0 Å². The number of hydrogen-bond donors (Lipinski definition) is 0. The number of aryl methyl sites for hydroxylation is 1. The minimum Gasteiger partial charge on any atom is -0.306 e. The molecule has 0 aliphatic rings. The van der Waals surface area contributed by atoms with E-state index in [9.17, 15) is 0 Å². The summed E-state index contributed by atoms with van der Waals surface area (Å²) in [6.07, 6.45) is 5.09. The Morgan fingerprint density at radius 1 is 1.00 bits per heavy atom. The van der Waals surface area contributed by atoms with Crippen molar-refractivity contribution in [2.75, 3.05) is 20.1 Å². The maximum Gasteiger partial charge on any atom is -0.00186 e. The number of hydrogen-bond acceptors (Lipinski definition) is 1. The number of nitrogens with zero attached hydrogens (tertiary/aromatic N) is 1. The van der Waals surface area contributed by atoms with Gasteiger partial charge >= 0.3 is 0 Å². The molecule has 84 valence electrons. The zero-order chi connectivity index (χ0) is 10.9. The molecule has 0 N–H and O–H groups in total. The van der Waals surface area contributed by atoms with E-state index in [1.54, 1.807) is 0 Å². The van der Waals surface area contributed by atoms with Gasteiger partial charge in [-0.15, -0.1) is 0 Å². The Morgan fingerprint density at radius 3 is 2.33 bits per heavy atom. The van der Waals surface area contributed by atoms with E-state index in [-0.39, 0.29) is 0 Å². The lowest BCUT2D eigenvalue weighted by Crippen LogP contribution is -2.21. The van der Waals surface area contributed by atoms with Crippen LogP contribution in [0.2, 0.25) is 0 Å². The van der Waals surface area contributed by atoms with Gasteiger partial charge in [0, 0.05) is 0 Å². The van der Waals surface area contributed by atoms with Crippen LogP contribution in [0.5, 0.6) is 0 Å². The molecule has 0 heterocycles. The van der Waals surface area contributed by atoms with Gasteiger partial charge in [0.05, 0.1) is 0 Å². The summed E-state index contributed by atoms with van der Waals surface area (Å²) < 4.78 is 0. The molecule has 0 aliphatic carbocycles. The van der Waals surface area contributed by atoms with Gasteiger partial charge in [0.2, 0.25) is 0 Å². The average molecular weight is 205 g/mol. The second kappa shape index (κ2) is 7.47. The van der Waals surface area contributed by atoms with E-state index in [0.717, 1.165) is 0 Å². The lowest BCUT2D eigenvalue weighted by atomic mass is 10.1. The summed E-state index contributed by atoms with van der Waals surface area (Å²) in [5.41, 5.74) is 1.46. The third-order valence-corrected chi connectivity index (χ3v) is 2.74. The van der Waals surface area contributed by atoms with Gasteiger partial charge in [-0.2, -0.15) is 0 Å². The van der Waals surface area contributed by atoms with E-state index >= 15 is 0 Å². The molecule has 1 rings (SSSR count). The van der Waals surface area contributed by atoms with Gasteiger partial charge in [0.1, 0.15) is 0 Å². The molecule has 0 aromatic heterocycles. The first-order valence-electron chi connectivity index (χ1n) is 6.05. The summed E-state index contributed by atoms with van der Waals surface area (Å²) in [4.78, 5) is 2.44. The standard InChI is InChI=1S/C14H23N/c1-3-4-12-15(2)13-8-11-14-9-6-5-7-10-14/h5-7,9-10H,3-4,8,11-13H2,1-2H3. The second-order valence-corrected chi connectivity index (χ2v) is 4.25. The molecular formula is C14H23N. The number of unbranched alkanes of at least 4 members (excludes halogenated alkanes) is 1. The van der Waals surface area contributed by atoms with Crippen LogP contribution < -0.4 is 0 Å². The molecule has 0 spiro atoms. The fourth-order valence-corrected chi connectivity index (χ4v) is 1.74. The fraction of sp³-hybridized carbons (Fsp3) is 0.571. The van der Waals surface area contributed by atoms with Crippen LogP contribution in [0.4, 0.5) is 0 Å². The van der Waals surface area contributed by atoms with Gasteiger partial charge in [0.15, 0.2) is 0 Å².